The largest absolute Gasteiger partial charge is 0.468 e. The van der Waals surface area contributed by atoms with Gasteiger partial charge in [-0.3, -0.25) is 9.79 Å². The first kappa shape index (κ1) is 18.1. The van der Waals surface area contributed by atoms with Gasteiger partial charge in [-0.2, -0.15) is 0 Å². The summed E-state index contributed by atoms with van der Waals surface area (Å²) in [5, 5.41) is 0.392. The molecule has 1 aromatic rings. The van der Waals surface area contributed by atoms with E-state index in [1.165, 1.54) is 7.11 Å². The van der Waals surface area contributed by atoms with Crippen LogP contribution in [0.2, 0.25) is 5.02 Å². The van der Waals surface area contributed by atoms with E-state index in [1.807, 2.05) is 0 Å². The molecule has 8 heteroatoms. The topological polar surface area (TPSA) is 82.0 Å². The first-order chi connectivity index (χ1) is 11.9. The number of sulfone groups is 1. The number of methoxy groups -OCH3 is 1. The number of aliphatic imine (C=N–C) groups is 1. The van der Waals surface area contributed by atoms with Gasteiger partial charge < -0.3 is 9.47 Å². The van der Waals surface area contributed by atoms with Gasteiger partial charge in [0.15, 0.2) is 9.84 Å². The molecule has 0 spiro atoms. The van der Waals surface area contributed by atoms with E-state index in [0.717, 1.165) is 0 Å². The molecule has 6 nitrogen and oxygen atoms in total. The zero-order chi connectivity index (χ0) is 18.2. The Bertz CT molecular complexity index is 875. The molecular formula is C17H18ClNO5S. The van der Waals surface area contributed by atoms with Crippen molar-refractivity contribution in [3.63, 3.8) is 0 Å². The SMILES string of the molecule is COC(=O)C1C(C)=NC2=C(C1c1ccccc1Cl)S(=O)(=O)CCOC2. The van der Waals surface area contributed by atoms with E-state index in [2.05, 4.69) is 4.99 Å². The molecular weight excluding hydrogens is 366 g/mol. The van der Waals surface area contributed by atoms with Crippen LogP contribution in [0.3, 0.4) is 0 Å². The molecule has 0 fully saturated rings. The number of hydrogen-bond donors (Lipinski definition) is 0. The average molecular weight is 384 g/mol. The Kier molecular flexibility index (Phi) is 4.99. The zero-order valence-electron chi connectivity index (χ0n) is 13.9. The van der Waals surface area contributed by atoms with E-state index < -0.39 is 27.6 Å². The van der Waals surface area contributed by atoms with E-state index in [-0.39, 0.29) is 23.9 Å². The highest BCUT2D eigenvalue weighted by Gasteiger charge is 2.45. The molecule has 3 rings (SSSR count). The Morgan fingerprint density at radius 3 is 2.76 bits per heavy atom. The van der Waals surface area contributed by atoms with Crippen molar-refractivity contribution >= 4 is 33.1 Å². The molecule has 0 aliphatic carbocycles. The van der Waals surface area contributed by atoms with Gasteiger partial charge in [-0.15, -0.1) is 0 Å². The molecule has 0 saturated heterocycles. The van der Waals surface area contributed by atoms with Crippen molar-refractivity contribution < 1.29 is 22.7 Å². The molecule has 0 bridgehead atoms. The van der Waals surface area contributed by atoms with Crippen molar-refractivity contribution in [2.75, 3.05) is 26.1 Å². The predicted octanol–water partition coefficient (Wildman–Crippen LogP) is 2.34. The number of rotatable bonds is 2. The first-order valence-electron chi connectivity index (χ1n) is 7.78. The fraction of sp³-hybridized carbons (Fsp3) is 0.412. The molecule has 2 atom stereocenters. The Labute approximate surface area is 151 Å². The van der Waals surface area contributed by atoms with Crippen LogP contribution in [0.4, 0.5) is 0 Å². The van der Waals surface area contributed by atoms with Crippen molar-refractivity contribution in [1.82, 2.24) is 0 Å². The number of ether oxygens (including phenoxy) is 2. The highest BCUT2D eigenvalue weighted by atomic mass is 35.5. The van der Waals surface area contributed by atoms with Crippen LogP contribution < -0.4 is 0 Å². The minimum atomic E-state index is -3.65. The molecule has 0 aromatic heterocycles. The number of allylic oxidation sites excluding steroid dienone is 1. The average Bonchev–Trinajstić information content (AvgIpc) is 2.72. The molecule has 2 aliphatic rings. The summed E-state index contributed by atoms with van der Waals surface area (Å²) in [7, 11) is -2.38. The number of nitrogens with zero attached hydrogens (tertiary/aromatic N) is 1. The van der Waals surface area contributed by atoms with Crippen molar-refractivity contribution in [2.24, 2.45) is 10.9 Å². The predicted molar refractivity (Wildman–Crippen MR) is 94.4 cm³/mol. The third kappa shape index (κ3) is 3.23. The third-order valence-electron chi connectivity index (χ3n) is 4.43. The summed E-state index contributed by atoms with van der Waals surface area (Å²) in [6, 6.07) is 6.92. The van der Waals surface area contributed by atoms with Gasteiger partial charge in [0.2, 0.25) is 0 Å². The van der Waals surface area contributed by atoms with E-state index >= 15 is 0 Å². The Morgan fingerprint density at radius 1 is 1.36 bits per heavy atom. The Morgan fingerprint density at radius 2 is 2.08 bits per heavy atom. The lowest BCUT2D eigenvalue weighted by molar-refractivity contribution is -0.143. The smallest absolute Gasteiger partial charge is 0.315 e. The zero-order valence-corrected chi connectivity index (χ0v) is 15.4. The summed E-state index contributed by atoms with van der Waals surface area (Å²) in [4.78, 5) is 16.9. The third-order valence-corrected chi connectivity index (χ3v) is 6.64. The summed E-state index contributed by atoms with van der Waals surface area (Å²) < 4.78 is 36.1. The lowest BCUT2D eigenvalue weighted by Gasteiger charge is -2.32. The van der Waals surface area contributed by atoms with Crippen LogP contribution in [0.25, 0.3) is 0 Å². The fourth-order valence-electron chi connectivity index (χ4n) is 3.32. The first-order valence-corrected chi connectivity index (χ1v) is 9.81. The van der Waals surface area contributed by atoms with Gasteiger partial charge in [-0.1, -0.05) is 29.8 Å². The molecule has 0 radical (unpaired) electrons. The summed E-state index contributed by atoms with van der Waals surface area (Å²) in [6.45, 7) is 1.86. The number of esters is 1. The van der Waals surface area contributed by atoms with Crippen molar-refractivity contribution in [3.05, 3.63) is 45.5 Å². The quantitative estimate of drug-likeness (QED) is 0.732. The second-order valence-corrected chi connectivity index (χ2v) is 8.42. The van der Waals surface area contributed by atoms with Crippen LogP contribution >= 0.6 is 11.6 Å². The molecule has 2 heterocycles. The number of carbonyl (C=O) groups excluding carboxylic acids is 1. The molecule has 0 N–H and O–H groups in total. The van der Waals surface area contributed by atoms with Gasteiger partial charge in [0.05, 0.1) is 36.7 Å². The highest BCUT2D eigenvalue weighted by molar-refractivity contribution is 7.95. The maximum absolute atomic E-state index is 12.9. The summed E-state index contributed by atoms with van der Waals surface area (Å²) in [5.74, 6) is -2.33. The molecule has 1 aromatic carbocycles. The van der Waals surface area contributed by atoms with E-state index in [4.69, 9.17) is 21.1 Å². The van der Waals surface area contributed by atoms with Gasteiger partial charge >= 0.3 is 5.97 Å². The molecule has 0 amide bonds. The minimum Gasteiger partial charge on any atom is -0.468 e. The summed E-state index contributed by atoms with van der Waals surface area (Å²) in [5.41, 5.74) is 1.38. The number of carbonyl (C=O) groups is 1. The molecule has 134 valence electrons. The number of benzene rings is 1. The standard InChI is InChI=1S/C17H18ClNO5S/c1-10-14(17(20)23-2)15(11-5-3-4-6-12(11)18)16-13(19-10)9-24-7-8-25(16,21)22/h3-6,14-15H,7-9H2,1-2H3. The molecule has 2 unspecified atom stereocenters. The van der Waals surface area contributed by atoms with E-state index in [9.17, 15) is 13.2 Å². The maximum atomic E-state index is 12.9. The normalized spacial score (nSPS) is 25.6. The van der Waals surface area contributed by atoms with Crippen LogP contribution in [0.15, 0.2) is 39.9 Å². The Hall–Kier alpha value is -1.70. The van der Waals surface area contributed by atoms with Crippen LogP contribution in [-0.4, -0.2) is 46.2 Å². The second-order valence-electron chi connectivity index (χ2n) is 5.94. The van der Waals surface area contributed by atoms with E-state index in [1.54, 1.807) is 31.2 Å². The van der Waals surface area contributed by atoms with Crippen LogP contribution in [0.1, 0.15) is 18.4 Å². The van der Waals surface area contributed by atoms with Gasteiger partial charge in [0, 0.05) is 16.7 Å². The number of halogens is 1. The lowest BCUT2D eigenvalue weighted by Crippen LogP contribution is -2.36. The van der Waals surface area contributed by atoms with Crippen LogP contribution in [-0.2, 0) is 24.1 Å². The minimum absolute atomic E-state index is 0.0841. The highest BCUT2D eigenvalue weighted by Crippen LogP contribution is 2.45. The lowest BCUT2D eigenvalue weighted by atomic mass is 9.80. The number of hydrogen-bond acceptors (Lipinski definition) is 6. The molecule has 0 saturated carbocycles. The molecule has 25 heavy (non-hydrogen) atoms. The van der Waals surface area contributed by atoms with Gasteiger partial charge in [-0.05, 0) is 18.6 Å². The molecule has 2 aliphatic heterocycles. The van der Waals surface area contributed by atoms with Gasteiger partial charge in [0.25, 0.3) is 0 Å². The fourth-order valence-corrected chi connectivity index (χ4v) is 5.24. The Balaban J connectivity index is 2.30. The van der Waals surface area contributed by atoms with Crippen molar-refractivity contribution in [2.45, 2.75) is 12.8 Å². The van der Waals surface area contributed by atoms with Crippen LogP contribution in [0.5, 0.6) is 0 Å². The van der Waals surface area contributed by atoms with Crippen molar-refractivity contribution in [1.29, 1.82) is 0 Å². The van der Waals surface area contributed by atoms with Gasteiger partial charge in [0.1, 0.15) is 5.92 Å². The monoisotopic (exact) mass is 383 g/mol. The second kappa shape index (κ2) is 6.90. The summed E-state index contributed by atoms with van der Waals surface area (Å²) in [6.07, 6.45) is 0. The van der Waals surface area contributed by atoms with Crippen LogP contribution in [0, 0.1) is 5.92 Å². The van der Waals surface area contributed by atoms with Gasteiger partial charge in [-0.25, -0.2) is 8.42 Å². The van der Waals surface area contributed by atoms with Crippen molar-refractivity contribution in [3.8, 4) is 0 Å². The summed E-state index contributed by atoms with van der Waals surface area (Å²) >= 11 is 6.34. The maximum Gasteiger partial charge on any atom is 0.315 e. The van der Waals surface area contributed by atoms with E-state index in [0.29, 0.717) is 22.0 Å².